The van der Waals surface area contributed by atoms with Gasteiger partial charge in [0.2, 0.25) is 5.95 Å². The summed E-state index contributed by atoms with van der Waals surface area (Å²) < 4.78 is 14.3. The highest BCUT2D eigenvalue weighted by molar-refractivity contribution is 7.27. The lowest BCUT2D eigenvalue weighted by Crippen LogP contribution is -2.05. The Labute approximate surface area is 823 Å². The Hall–Kier alpha value is -18.5. The van der Waals surface area contributed by atoms with Gasteiger partial charge in [-0.25, -0.2) is 64.8 Å². The number of hydrogen-bond acceptors (Lipinski definition) is 16. The van der Waals surface area contributed by atoms with E-state index in [0.717, 1.165) is 100 Å². The average molecular weight is 1870 g/mol. The molecule has 0 N–H and O–H groups in total. The molecule has 16 nitrogen and oxygen atoms in total. The summed E-state index contributed by atoms with van der Waals surface area (Å²) in [5, 5.41) is 17.1. The molecule has 0 fully saturated rings. The Morgan fingerprint density at radius 3 is 0.944 bits per heavy atom. The number of pyridine rings is 2. The van der Waals surface area contributed by atoms with Crippen molar-refractivity contribution in [2.45, 2.75) is 0 Å². The van der Waals surface area contributed by atoms with Crippen LogP contribution in [0.25, 0.3) is 268 Å². The predicted molar refractivity (Wildman–Crippen MR) is 584 cm³/mol. The summed E-state index contributed by atoms with van der Waals surface area (Å²) in [5.74, 6) is 7.60. The van der Waals surface area contributed by atoms with Gasteiger partial charge in [0.05, 0.1) is 47.2 Å². The van der Waals surface area contributed by atoms with Crippen molar-refractivity contribution in [3.63, 3.8) is 0 Å². The molecule has 664 valence electrons. The van der Waals surface area contributed by atoms with E-state index in [0.29, 0.717) is 64.1 Å². The number of aromatic nitrogens is 16. The van der Waals surface area contributed by atoms with Gasteiger partial charge in [-0.15, -0.1) is 34.0 Å². The Morgan fingerprint density at radius 1 is 0.176 bits per heavy atom. The second kappa shape index (κ2) is 34.9. The minimum Gasteiger partial charge on any atom is -0.292 e. The van der Waals surface area contributed by atoms with Gasteiger partial charge in [0.25, 0.3) is 0 Å². The fraction of sp³-hybridized carbons (Fsp3) is 0. The largest absolute Gasteiger partial charge is 0.292 e. The lowest BCUT2D eigenvalue weighted by molar-refractivity contribution is 0.977. The number of rotatable bonds is 13. The third-order valence-electron chi connectivity index (χ3n) is 26.4. The van der Waals surface area contributed by atoms with Crippen LogP contribution in [-0.4, -0.2) is 78.5 Å². The quantitative estimate of drug-likeness (QED) is 0.106. The second-order valence-electron chi connectivity index (χ2n) is 34.8. The summed E-state index contributed by atoms with van der Waals surface area (Å²) in [6.07, 6.45) is 5.53. The molecule has 0 radical (unpaired) electrons. The molecule has 17 aromatic carbocycles. The summed E-state index contributed by atoms with van der Waals surface area (Å²) in [6.45, 7) is 0. The van der Waals surface area contributed by atoms with Gasteiger partial charge >= 0.3 is 0 Å². The van der Waals surface area contributed by atoms with Crippen molar-refractivity contribution in [1.29, 1.82) is 0 Å². The van der Waals surface area contributed by atoms with Crippen molar-refractivity contribution in [3.8, 4) is 131 Å². The van der Waals surface area contributed by atoms with Gasteiger partial charge in [0.1, 0.15) is 17.3 Å². The highest BCUT2D eigenvalue weighted by atomic mass is 32.1. The number of nitrogens with zero attached hydrogens (tertiary/aromatic N) is 16. The van der Waals surface area contributed by atoms with E-state index in [1.807, 2.05) is 175 Å². The summed E-state index contributed by atoms with van der Waals surface area (Å²) >= 11 is 5.48. The zero-order valence-electron chi connectivity index (χ0n) is 75.6. The van der Waals surface area contributed by atoms with Crippen LogP contribution < -0.4 is 0 Å². The maximum Gasteiger partial charge on any atom is 0.235 e. The van der Waals surface area contributed by atoms with Crippen molar-refractivity contribution < 1.29 is 0 Å². The minimum absolute atomic E-state index is 0.495. The maximum atomic E-state index is 5.12. The smallest absolute Gasteiger partial charge is 0.235 e. The molecular formula is C123H74N16S3. The van der Waals surface area contributed by atoms with Gasteiger partial charge in [-0.2, -0.15) is 0 Å². The van der Waals surface area contributed by atoms with Crippen LogP contribution in [-0.2, 0) is 0 Å². The summed E-state index contributed by atoms with van der Waals surface area (Å²) in [6, 6.07) is 149. The van der Waals surface area contributed by atoms with Crippen LogP contribution in [0, 0.1) is 0 Å². The molecule has 0 aliphatic rings. The topological polar surface area (TPSA) is 182 Å². The molecule has 12 heterocycles. The van der Waals surface area contributed by atoms with Crippen molar-refractivity contribution in [2.75, 3.05) is 0 Å². The third-order valence-corrected chi connectivity index (χ3v) is 30.0. The van der Waals surface area contributed by atoms with Crippen molar-refractivity contribution in [1.82, 2.24) is 78.5 Å². The molecule has 0 bridgehead atoms. The SMILES string of the molecule is c1ccc(-c2ccc(-c3nc(-c4ccccc4)nc(-c4ccc(-n5c6ccccc6c6ccc7c8ccccc8sc7c65)nc4)n3)cc2)cc1.c1ccc(-c2nc(-c3ccccc3)nc(-c3ccnc(-n4c5ccccc5c5ccc6c7ccccc7sc6c54)n3)n2)cc1.c1ccc(-c2nc(-c3ccnc(-n4c5ccccc5c5ccc6c7ccccc7sc6c54)c3)nc(-c3ccc4ccccc4c3)n2)cc1. The third kappa shape index (κ3) is 14.7. The first-order chi connectivity index (χ1) is 70.4. The Morgan fingerprint density at radius 2 is 0.493 bits per heavy atom. The molecule has 0 saturated carbocycles. The Kier molecular flexibility index (Phi) is 20.4. The first-order valence-electron chi connectivity index (χ1n) is 46.8. The average Bonchev–Trinajstić information content (AvgIpc) is 1.57. The van der Waals surface area contributed by atoms with E-state index in [2.05, 4.69) is 305 Å². The molecule has 29 rings (SSSR count). The van der Waals surface area contributed by atoms with Gasteiger partial charge in [-0.05, 0) is 94.7 Å². The zero-order valence-corrected chi connectivity index (χ0v) is 78.1. The highest BCUT2D eigenvalue weighted by Crippen LogP contribution is 2.48. The van der Waals surface area contributed by atoms with Crippen molar-refractivity contribution >= 4 is 171 Å². The van der Waals surface area contributed by atoms with E-state index in [1.54, 1.807) is 17.5 Å². The van der Waals surface area contributed by atoms with E-state index >= 15 is 0 Å². The Bertz CT molecular complexity index is 9950. The van der Waals surface area contributed by atoms with E-state index in [4.69, 9.17) is 64.8 Å². The fourth-order valence-corrected chi connectivity index (χ4v) is 23.4. The van der Waals surface area contributed by atoms with Crippen LogP contribution in [0.3, 0.4) is 0 Å². The molecule has 0 unspecified atom stereocenters. The van der Waals surface area contributed by atoms with Crippen molar-refractivity contribution in [3.05, 3.63) is 449 Å². The molecule has 0 saturated heterocycles. The minimum atomic E-state index is 0.495. The molecule has 142 heavy (non-hydrogen) atoms. The van der Waals surface area contributed by atoms with E-state index in [-0.39, 0.29) is 0 Å². The first kappa shape index (κ1) is 82.9. The van der Waals surface area contributed by atoms with Crippen LogP contribution in [0.1, 0.15) is 0 Å². The number of hydrogen-bond donors (Lipinski definition) is 0. The number of fused-ring (bicyclic) bond motifs is 22. The highest BCUT2D eigenvalue weighted by Gasteiger charge is 2.26. The number of para-hydroxylation sites is 3. The number of benzene rings is 17. The fourth-order valence-electron chi connectivity index (χ4n) is 19.7. The molecule has 29 aromatic rings. The van der Waals surface area contributed by atoms with Crippen LogP contribution in [0.4, 0.5) is 0 Å². The molecule has 19 heteroatoms. The zero-order chi connectivity index (χ0) is 93.7. The lowest BCUT2D eigenvalue weighted by Gasteiger charge is -2.11. The monoisotopic (exact) mass is 1870 g/mol. The van der Waals surface area contributed by atoms with Gasteiger partial charge in [0.15, 0.2) is 52.4 Å². The summed E-state index contributed by atoms with van der Waals surface area (Å²) in [5.41, 5.74) is 16.9. The summed E-state index contributed by atoms with van der Waals surface area (Å²) in [4.78, 5) is 64.6. The number of thiophene rings is 3. The first-order valence-corrected chi connectivity index (χ1v) is 49.3. The van der Waals surface area contributed by atoms with E-state index < -0.39 is 0 Å². The van der Waals surface area contributed by atoms with Gasteiger partial charge in [-0.1, -0.05) is 358 Å². The van der Waals surface area contributed by atoms with Crippen LogP contribution >= 0.6 is 34.0 Å². The van der Waals surface area contributed by atoms with Gasteiger partial charge in [0, 0.05) is 142 Å². The molecule has 0 aliphatic carbocycles. The van der Waals surface area contributed by atoms with Crippen LogP contribution in [0.15, 0.2) is 449 Å². The normalized spacial score (nSPS) is 11.7. The summed E-state index contributed by atoms with van der Waals surface area (Å²) in [7, 11) is 0. The second-order valence-corrected chi connectivity index (χ2v) is 38.0. The standard InChI is InChI=1S/C44H27N5S.C42H25N5S.C37H22N6S/c1-3-11-28(12-4-1)29-19-21-31(22-20-29)43-46-42(30-13-5-2-6-14-30)47-44(48-43)32-23-26-39(45-27-32)49-37-17-9-7-15-33(37)35-24-25-36-34-16-8-10-18-38(34)50-41(36)40(35)49;1-2-11-27(12-3-1)40-44-41(29-19-18-26-10-4-5-13-28(26)24-29)46-42(45-40)30-22-23-43-37(25-30)47-35-16-8-6-14-31(35)33-20-21-34-32-15-7-9-17-36(32)48-39(34)38(33)47;1-3-11-23(12-4-1)34-40-35(24-13-5-2-6-14-24)42-36(41-34)29-21-22-38-37(39-29)43-30-17-9-7-15-25(30)27-19-20-28-26-16-8-10-18-31(26)44-33(28)32(27)43/h1-27H;1-25H;1-22H. The molecule has 12 aromatic heterocycles. The predicted octanol–water partition coefficient (Wildman–Crippen LogP) is 31.4. The molecule has 0 spiro atoms. The van der Waals surface area contributed by atoms with Gasteiger partial charge in [-0.3, -0.25) is 13.7 Å². The van der Waals surface area contributed by atoms with Crippen LogP contribution in [0.5, 0.6) is 0 Å². The molecule has 0 amide bonds. The Balaban J connectivity index is 0.000000107. The van der Waals surface area contributed by atoms with Crippen molar-refractivity contribution in [2.24, 2.45) is 0 Å². The van der Waals surface area contributed by atoms with E-state index in [1.165, 1.54) is 104 Å². The maximum absolute atomic E-state index is 5.12. The van der Waals surface area contributed by atoms with E-state index in [9.17, 15) is 0 Å². The van der Waals surface area contributed by atoms with Crippen LogP contribution in [0.2, 0.25) is 0 Å². The molecule has 0 atom stereocenters. The molecular weight excluding hydrogens is 1800 g/mol. The van der Waals surface area contributed by atoms with Gasteiger partial charge < -0.3 is 0 Å². The lowest BCUT2D eigenvalue weighted by atomic mass is 10.0. The molecule has 0 aliphatic heterocycles.